The minimum absolute atomic E-state index is 0.0968. The van der Waals surface area contributed by atoms with E-state index in [1.807, 2.05) is 17.5 Å². The lowest BCUT2D eigenvalue weighted by Gasteiger charge is -2.23. The summed E-state index contributed by atoms with van der Waals surface area (Å²) in [4.78, 5) is 15.3. The number of nitrogens with zero attached hydrogens (tertiary/aromatic N) is 4. The van der Waals surface area contributed by atoms with Crippen molar-refractivity contribution >= 4 is 17.2 Å². The lowest BCUT2D eigenvalue weighted by molar-refractivity contribution is 0.0500. The fraction of sp³-hybridized carbons (Fsp3) is 0.500. The number of hydrogen-bond donors (Lipinski definition) is 1. The van der Waals surface area contributed by atoms with Crippen LogP contribution in [0.2, 0.25) is 0 Å². The van der Waals surface area contributed by atoms with Crippen LogP contribution in [0.15, 0.2) is 17.5 Å². The van der Waals surface area contributed by atoms with E-state index in [1.54, 1.807) is 16.2 Å². The Kier molecular flexibility index (Phi) is 4.03. The molecule has 3 heterocycles. The molecule has 0 saturated carbocycles. The third kappa shape index (κ3) is 3.02. The van der Waals surface area contributed by atoms with Gasteiger partial charge >= 0.3 is 0 Å². The van der Waals surface area contributed by atoms with Gasteiger partial charge in [-0.05, 0) is 29.5 Å². The molecule has 8 heteroatoms. The first-order valence-corrected chi connectivity index (χ1v) is 7.37. The van der Waals surface area contributed by atoms with E-state index in [0.717, 1.165) is 24.3 Å². The number of tetrazole rings is 1. The maximum Gasteiger partial charge on any atom is 0.295 e. The number of aromatic nitrogens is 4. The molecule has 106 valence electrons. The molecule has 1 saturated heterocycles. The van der Waals surface area contributed by atoms with Crippen molar-refractivity contribution in [1.29, 1.82) is 0 Å². The average Bonchev–Trinajstić information content (AvgIpc) is 3.20. The molecule has 7 nitrogen and oxygen atoms in total. The molecular weight excluding hydrogens is 278 g/mol. The van der Waals surface area contributed by atoms with E-state index >= 15 is 0 Å². The number of ether oxygens (including phenoxy) is 1. The average molecular weight is 293 g/mol. The number of carbonyl (C=O) groups is 1. The highest BCUT2D eigenvalue weighted by molar-refractivity contribution is 7.09. The second-order valence-corrected chi connectivity index (χ2v) is 5.67. The third-order valence-corrected chi connectivity index (χ3v) is 4.06. The number of carbonyl (C=O) groups excluding carboxylic acids is 1. The third-order valence-electron chi connectivity index (χ3n) is 3.20. The van der Waals surface area contributed by atoms with Crippen LogP contribution >= 0.6 is 11.3 Å². The molecule has 1 aliphatic rings. The summed E-state index contributed by atoms with van der Waals surface area (Å²) in [6.07, 6.45) is 2.14. The Bertz CT molecular complexity index is 536. The quantitative estimate of drug-likeness (QED) is 0.892. The summed E-state index contributed by atoms with van der Waals surface area (Å²) in [7, 11) is 0. The molecule has 0 aliphatic carbocycles. The number of nitrogens with one attached hydrogen (secondary N) is 1. The van der Waals surface area contributed by atoms with E-state index < -0.39 is 0 Å². The number of hydrogen-bond acceptors (Lipinski definition) is 6. The summed E-state index contributed by atoms with van der Waals surface area (Å²) in [6.45, 7) is 1.88. The molecule has 1 N–H and O–H groups in total. The summed E-state index contributed by atoms with van der Waals surface area (Å²) in [5.41, 5.74) is 0. The van der Waals surface area contributed by atoms with Crippen LogP contribution in [0.3, 0.4) is 0 Å². The van der Waals surface area contributed by atoms with Gasteiger partial charge in [-0.1, -0.05) is 6.07 Å². The zero-order valence-electron chi connectivity index (χ0n) is 10.9. The predicted octanol–water partition coefficient (Wildman–Crippen LogP) is 1.08. The number of amides is 1. The molecule has 0 bridgehead atoms. The van der Waals surface area contributed by atoms with E-state index in [1.165, 1.54) is 0 Å². The van der Waals surface area contributed by atoms with Crippen LogP contribution in [-0.4, -0.2) is 50.7 Å². The molecule has 1 unspecified atom stereocenters. The number of rotatable bonds is 5. The zero-order chi connectivity index (χ0) is 13.8. The van der Waals surface area contributed by atoms with Gasteiger partial charge in [-0.25, -0.2) is 0 Å². The summed E-state index contributed by atoms with van der Waals surface area (Å²) in [6, 6.07) is 3.99. The Morgan fingerprint density at radius 1 is 1.60 bits per heavy atom. The normalized spacial score (nSPS) is 18.3. The van der Waals surface area contributed by atoms with Crippen molar-refractivity contribution in [2.45, 2.75) is 25.5 Å². The zero-order valence-corrected chi connectivity index (χ0v) is 11.7. The maximum absolute atomic E-state index is 12.4. The van der Waals surface area contributed by atoms with Crippen LogP contribution < -0.4 is 0 Å². The van der Waals surface area contributed by atoms with Gasteiger partial charge < -0.3 is 9.64 Å². The van der Waals surface area contributed by atoms with Gasteiger partial charge in [0.1, 0.15) is 0 Å². The molecule has 2 aromatic heterocycles. The Morgan fingerprint density at radius 2 is 2.55 bits per heavy atom. The summed E-state index contributed by atoms with van der Waals surface area (Å²) >= 11 is 1.62. The second-order valence-electron chi connectivity index (χ2n) is 4.64. The molecule has 1 aliphatic heterocycles. The molecule has 20 heavy (non-hydrogen) atoms. The van der Waals surface area contributed by atoms with Crippen molar-refractivity contribution in [1.82, 2.24) is 25.5 Å². The van der Waals surface area contributed by atoms with Crippen molar-refractivity contribution in [2.24, 2.45) is 0 Å². The van der Waals surface area contributed by atoms with Gasteiger partial charge in [-0.2, -0.15) is 5.21 Å². The van der Waals surface area contributed by atoms with Crippen molar-refractivity contribution < 1.29 is 9.53 Å². The van der Waals surface area contributed by atoms with E-state index in [0.29, 0.717) is 13.1 Å². The lowest BCUT2D eigenvalue weighted by atomic mass is 10.2. The second kappa shape index (κ2) is 6.10. The molecule has 1 amide bonds. The smallest absolute Gasteiger partial charge is 0.295 e. The molecule has 3 rings (SSSR count). The first kappa shape index (κ1) is 13.2. The monoisotopic (exact) mass is 293 g/mol. The molecule has 2 aromatic rings. The van der Waals surface area contributed by atoms with Gasteiger partial charge in [0.2, 0.25) is 0 Å². The molecular formula is C12H15N5O2S. The van der Waals surface area contributed by atoms with Crippen LogP contribution in [-0.2, 0) is 11.3 Å². The molecule has 1 atom stereocenters. The molecule has 0 radical (unpaired) electrons. The maximum atomic E-state index is 12.4. The van der Waals surface area contributed by atoms with Gasteiger partial charge in [0.25, 0.3) is 11.7 Å². The predicted molar refractivity (Wildman–Crippen MR) is 72.2 cm³/mol. The van der Waals surface area contributed by atoms with Gasteiger partial charge in [0.15, 0.2) is 0 Å². The summed E-state index contributed by atoms with van der Waals surface area (Å²) < 4.78 is 5.62. The Morgan fingerprint density at radius 3 is 3.20 bits per heavy atom. The van der Waals surface area contributed by atoms with Crippen LogP contribution in [0.4, 0.5) is 0 Å². The van der Waals surface area contributed by atoms with Gasteiger partial charge in [-0.15, -0.1) is 21.5 Å². The minimum Gasteiger partial charge on any atom is -0.376 e. The van der Waals surface area contributed by atoms with E-state index in [-0.39, 0.29) is 17.8 Å². The number of thiophene rings is 1. The van der Waals surface area contributed by atoms with Crippen LogP contribution in [0.5, 0.6) is 0 Å². The Balaban J connectivity index is 1.73. The van der Waals surface area contributed by atoms with Crippen molar-refractivity contribution in [3.63, 3.8) is 0 Å². The fourth-order valence-electron chi connectivity index (χ4n) is 2.24. The largest absolute Gasteiger partial charge is 0.376 e. The van der Waals surface area contributed by atoms with E-state index in [2.05, 4.69) is 20.6 Å². The highest BCUT2D eigenvalue weighted by Crippen LogP contribution is 2.18. The van der Waals surface area contributed by atoms with Crippen LogP contribution in [0.25, 0.3) is 0 Å². The van der Waals surface area contributed by atoms with Gasteiger partial charge in [-0.3, -0.25) is 4.79 Å². The van der Waals surface area contributed by atoms with E-state index in [4.69, 9.17) is 4.74 Å². The van der Waals surface area contributed by atoms with Gasteiger partial charge in [0, 0.05) is 18.0 Å². The number of aromatic amines is 1. The SMILES string of the molecule is O=C(c1nn[nH]n1)N(Cc1cccs1)CC1CCCO1. The van der Waals surface area contributed by atoms with E-state index in [9.17, 15) is 4.79 Å². The number of H-pyrrole nitrogens is 1. The van der Waals surface area contributed by atoms with Gasteiger partial charge in [0.05, 0.1) is 12.6 Å². The molecule has 1 fully saturated rings. The Hall–Kier alpha value is -1.80. The fourth-order valence-corrected chi connectivity index (χ4v) is 2.96. The van der Waals surface area contributed by atoms with Crippen LogP contribution in [0.1, 0.15) is 28.3 Å². The van der Waals surface area contributed by atoms with Crippen molar-refractivity contribution in [3.05, 3.63) is 28.2 Å². The topological polar surface area (TPSA) is 84.0 Å². The first-order chi connectivity index (χ1) is 9.83. The summed E-state index contributed by atoms with van der Waals surface area (Å²) in [5.74, 6) is -0.123. The Labute approximate surface area is 119 Å². The van der Waals surface area contributed by atoms with Crippen molar-refractivity contribution in [2.75, 3.05) is 13.2 Å². The lowest BCUT2D eigenvalue weighted by Crippen LogP contribution is -2.37. The molecule has 0 aromatic carbocycles. The highest BCUT2D eigenvalue weighted by atomic mass is 32.1. The van der Waals surface area contributed by atoms with Crippen molar-refractivity contribution in [3.8, 4) is 0 Å². The summed E-state index contributed by atoms with van der Waals surface area (Å²) in [5, 5.41) is 15.3. The van der Waals surface area contributed by atoms with Crippen LogP contribution in [0, 0.1) is 0 Å². The molecule has 0 spiro atoms. The standard InChI is InChI=1S/C12H15N5O2S/c18-12(11-13-15-16-14-11)17(7-9-3-1-5-19-9)8-10-4-2-6-20-10/h2,4,6,9H,1,3,5,7-8H2,(H,13,14,15,16). The highest BCUT2D eigenvalue weighted by Gasteiger charge is 2.25. The minimum atomic E-state index is -0.220. The first-order valence-electron chi connectivity index (χ1n) is 6.49.